The van der Waals surface area contributed by atoms with Gasteiger partial charge in [-0.3, -0.25) is 4.79 Å². The molecule has 6 nitrogen and oxygen atoms in total. The normalized spacial score (nSPS) is 11.1. The standard InChI is InChI=1S/C18H18N2O4/c1-11(2)14-9-15(24-20-14)12-5-3-4-6-13(12)16-10-19-17(23-16)7-8-18(21)22/h3-6,9-11H,7-8H2,1-2H3,(H,21,22). The summed E-state index contributed by atoms with van der Waals surface area (Å²) in [6.07, 6.45) is 1.86. The molecule has 1 N–H and O–H groups in total. The molecule has 6 heteroatoms. The first kappa shape index (κ1) is 16.0. The highest BCUT2D eigenvalue weighted by Gasteiger charge is 2.16. The summed E-state index contributed by atoms with van der Waals surface area (Å²) >= 11 is 0. The van der Waals surface area contributed by atoms with Crippen molar-refractivity contribution in [1.29, 1.82) is 0 Å². The van der Waals surface area contributed by atoms with Gasteiger partial charge in [-0.15, -0.1) is 0 Å². The van der Waals surface area contributed by atoms with Crippen molar-refractivity contribution in [3.63, 3.8) is 0 Å². The van der Waals surface area contributed by atoms with Crippen molar-refractivity contribution in [3.8, 4) is 22.6 Å². The third-order valence-corrected chi connectivity index (χ3v) is 3.68. The number of carboxylic acid groups (broad SMARTS) is 1. The van der Waals surface area contributed by atoms with Gasteiger partial charge < -0.3 is 14.0 Å². The number of rotatable bonds is 6. The molecule has 3 aromatic rings. The average molecular weight is 326 g/mol. The van der Waals surface area contributed by atoms with Crippen molar-refractivity contribution in [2.75, 3.05) is 0 Å². The monoisotopic (exact) mass is 326 g/mol. The summed E-state index contributed by atoms with van der Waals surface area (Å²) in [5.41, 5.74) is 2.58. The molecule has 3 rings (SSSR count). The fourth-order valence-corrected chi connectivity index (χ4v) is 2.36. The molecule has 0 bridgehead atoms. The molecule has 0 saturated carbocycles. The maximum atomic E-state index is 10.7. The minimum atomic E-state index is -0.877. The highest BCUT2D eigenvalue weighted by Crippen LogP contribution is 2.33. The Hall–Kier alpha value is -2.89. The first-order chi connectivity index (χ1) is 11.5. The minimum absolute atomic E-state index is 0.0124. The topological polar surface area (TPSA) is 89.4 Å². The van der Waals surface area contributed by atoms with Crippen LogP contribution in [0.25, 0.3) is 22.6 Å². The zero-order valence-electron chi connectivity index (χ0n) is 13.5. The maximum absolute atomic E-state index is 10.7. The Balaban J connectivity index is 1.93. The molecule has 124 valence electrons. The van der Waals surface area contributed by atoms with E-state index in [2.05, 4.69) is 24.0 Å². The van der Waals surface area contributed by atoms with E-state index in [0.717, 1.165) is 16.8 Å². The molecule has 0 radical (unpaired) electrons. The van der Waals surface area contributed by atoms with Crippen LogP contribution in [-0.2, 0) is 11.2 Å². The largest absolute Gasteiger partial charge is 0.481 e. The number of aromatic nitrogens is 2. The van der Waals surface area contributed by atoms with Gasteiger partial charge >= 0.3 is 5.97 Å². The number of oxazole rings is 1. The summed E-state index contributed by atoms with van der Waals surface area (Å²) < 4.78 is 11.2. The third kappa shape index (κ3) is 3.37. The van der Waals surface area contributed by atoms with Crippen LogP contribution >= 0.6 is 0 Å². The van der Waals surface area contributed by atoms with E-state index < -0.39 is 5.97 Å². The quantitative estimate of drug-likeness (QED) is 0.732. The molecule has 0 fully saturated rings. The highest BCUT2D eigenvalue weighted by atomic mass is 16.5. The lowest BCUT2D eigenvalue weighted by Gasteiger charge is -2.03. The van der Waals surface area contributed by atoms with Gasteiger partial charge in [-0.05, 0) is 5.92 Å². The fourth-order valence-electron chi connectivity index (χ4n) is 2.36. The Labute approximate surface area is 139 Å². The van der Waals surface area contributed by atoms with E-state index in [-0.39, 0.29) is 18.8 Å². The van der Waals surface area contributed by atoms with Crippen LogP contribution in [0.4, 0.5) is 0 Å². The van der Waals surface area contributed by atoms with E-state index >= 15 is 0 Å². The highest BCUT2D eigenvalue weighted by molar-refractivity contribution is 5.78. The van der Waals surface area contributed by atoms with Gasteiger partial charge in [0.05, 0.1) is 18.3 Å². The molecule has 0 saturated heterocycles. The van der Waals surface area contributed by atoms with Gasteiger partial charge in [-0.2, -0.15) is 0 Å². The molecule has 0 atom stereocenters. The first-order valence-corrected chi connectivity index (χ1v) is 7.77. The number of aryl methyl sites for hydroxylation is 1. The van der Waals surface area contributed by atoms with Gasteiger partial charge in [0.25, 0.3) is 0 Å². The van der Waals surface area contributed by atoms with Gasteiger partial charge in [0.2, 0.25) is 0 Å². The number of benzene rings is 1. The average Bonchev–Trinajstić information content (AvgIpc) is 3.22. The molecule has 0 aliphatic carbocycles. The van der Waals surface area contributed by atoms with Crippen LogP contribution in [0.5, 0.6) is 0 Å². The van der Waals surface area contributed by atoms with Crippen molar-refractivity contribution in [2.45, 2.75) is 32.6 Å². The summed E-state index contributed by atoms with van der Waals surface area (Å²) in [7, 11) is 0. The summed E-state index contributed by atoms with van der Waals surface area (Å²) in [6, 6.07) is 9.58. The zero-order chi connectivity index (χ0) is 17.1. The first-order valence-electron chi connectivity index (χ1n) is 7.77. The zero-order valence-corrected chi connectivity index (χ0v) is 13.5. The van der Waals surface area contributed by atoms with Crippen LogP contribution < -0.4 is 0 Å². The number of hydrogen-bond donors (Lipinski definition) is 1. The second kappa shape index (κ2) is 6.70. The summed E-state index contributed by atoms with van der Waals surface area (Å²) in [6.45, 7) is 4.11. The lowest BCUT2D eigenvalue weighted by Crippen LogP contribution is -1.97. The van der Waals surface area contributed by atoms with Crippen molar-refractivity contribution < 1.29 is 18.8 Å². The van der Waals surface area contributed by atoms with Crippen molar-refractivity contribution in [2.24, 2.45) is 0 Å². The van der Waals surface area contributed by atoms with Crippen LogP contribution in [0, 0.1) is 0 Å². The van der Waals surface area contributed by atoms with Gasteiger partial charge in [-0.25, -0.2) is 4.98 Å². The molecule has 0 unspecified atom stereocenters. The summed E-state index contributed by atoms with van der Waals surface area (Å²) in [5.74, 6) is 1.05. The molecule has 1 aromatic carbocycles. The van der Waals surface area contributed by atoms with Gasteiger partial charge in [0.1, 0.15) is 0 Å². The molecule has 24 heavy (non-hydrogen) atoms. The van der Waals surface area contributed by atoms with Crippen molar-refractivity contribution in [3.05, 3.63) is 48.1 Å². The molecule has 0 aliphatic heterocycles. The molecule has 2 aromatic heterocycles. The Morgan fingerprint density at radius 2 is 1.92 bits per heavy atom. The van der Waals surface area contributed by atoms with Crippen molar-refractivity contribution >= 4 is 5.97 Å². The number of hydrogen-bond acceptors (Lipinski definition) is 5. The van der Waals surface area contributed by atoms with E-state index in [0.29, 0.717) is 17.4 Å². The smallest absolute Gasteiger partial charge is 0.303 e. The van der Waals surface area contributed by atoms with E-state index in [4.69, 9.17) is 14.0 Å². The molecular formula is C18H18N2O4. The summed E-state index contributed by atoms with van der Waals surface area (Å²) in [4.78, 5) is 14.8. The number of carbonyl (C=O) groups is 1. The number of aliphatic carboxylic acids is 1. The van der Waals surface area contributed by atoms with E-state index in [1.54, 1.807) is 6.20 Å². The van der Waals surface area contributed by atoms with Crippen molar-refractivity contribution in [1.82, 2.24) is 10.1 Å². The maximum Gasteiger partial charge on any atom is 0.303 e. The lowest BCUT2D eigenvalue weighted by molar-refractivity contribution is -0.137. The molecule has 0 amide bonds. The molecule has 0 spiro atoms. The molecule has 0 aliphatic rings. The van der Waals surface area contributed by atoms with Crippen LogP contribution in [-0.4, -0.2) is 21.2 Å². The van der Waals surface area contributed by atoms with Crippen LogP contribution in [0.3, 0.4) is 0 Å². The lowest BCUT2D eigenvalue weighted by atomic mass is 10.0. The minimum Gasteiger partial charge on any atom is -0.481 e. The molecule has 2 heterocycles. The second-order valence-electron chi connectivity index (χ2n) is 5.83. The fraction of sp³-hybridized carbons (Fsp3) is 0.278. The molecular weight excluding hydrogens is 308 g/mol. The predicted octanol–water partition coefficient (Wildman–Crippen LogP) is 4.14. The Kier molecular flexibility index (Phi) is 4.46. The van der Waals surface area contributed by atoms with E-state index in [1.165, 1.54) is 0 Å². The van der Waals surface area contributed by atoms with Gasteiger partial charge in [-0.1, -0.05) is 43.3 Å². The van der Waals surface area contributed by atoms with Crippen LogP contribution in [0.2, 0.25) is 0 Å². The predicted molar refractivity (Wildman–Crippen MR) is 87.5 cm³/mol. The third-order valence-electron chi connectivity index (χ3n) is 3.68. The number of carboxylic acids is 1. The Morgan fingerprint density at radius 1 is 1.21 bits per heavy atom. The van der Waals surface area contributed by atoms with E-state index in [1.807, 2.05) is 30.3 Å². The van der Waals surface area contributed by atoms with E-state index in [9.17, 15) is 4.79 Å². The SMILES string of the molecule is CC(C)c1cc(-c2ccccc2-c2cnc(CCC(=O)O)o2)on1. The van der Waals surface area contributed by atoms with Gasteiger partial charge in [0, 0.05) is 23.6 Å². The second-order valence-corrected chi connectivity index (χ2v) is 5.83. The van der Waals surface area contributed by atoms with Crippen LogP contribution in [0.15, 0.2) is 45.5 Å². The number of nitrogens with zero attached hydrogens (tertiary/aromatic N) is 2. The van der Waals surface area contributed by atoms with Crippen LogP contribution in [0.1, 0.15) is 37.8 Å². The Bertz CT molecular complexity index is 848. The Morgan fingerprint density at radius 3 is 2.54 bits per heavy atom. The summed E-state index contributed by atoms with van der Waals surface area (Å²) in [5, 5.41) is 12.8. The van der Waals surface area contributed by atoms with Gasteiger partial charge in [0.15, 0.2) is 17.4 Å².